The third-order valence-corrected chi connectivity index (χ3v) is 4.91. The molecule has 2 aromatic carbocycles. The summed E-state index contributed by atoms with van der Waals surface area (Å²) in [6, 6.07) is 5.32. The zero-order chi connectivity index (χ0) is 21.0. The normalized spacial score (nSPS) is 16.3. The summed E-state index contributed by atoms with van der Waals surface area (Å²) in [5.41, 5.74) is -1.24. The first kappa shape index (κ1) is 21.1. The molecular formula is C21H20F5N2O-. The zero-order valence-electron chi connectivity index (χ0n) is 15.5. The molecule has 3 rings (SSSR count). The number of carbonyl (C=O) groups is 1. The summed E-state index contributed by atoms with van der Waals surface area (Å²) in [7, 11) is 0. The number of nitrogens with one attached hydrogen (secondary N) is 1. The fourth-order valence-electron chi connectivity index (χ4n) is 3.43. The van der Waals surface area contributed by atoms with Crippen molar-refractivity contribution in [3.8, 4) is 0 Å². The summed E-state index contributed by atoms with van der Waals surface area (Å²) in [6.07, 6.45) is -0.0675. The van der Waals surface area contributed by atoms with Crippen molar-refractivity contribution >= 4 is 11.6 Å². The number of rotatable bonds is 5. The fraction of sp³-hybridized carbons (Fsp3) is 0.381. The maximum absolute atomic E-state index is 14.4. The number of alkyl halides is 3. The molecule has 3 nitrogen and oxygen atoms in total. The van der Waals surface area contributed by atoms with E-state index in [4.69, 9.17) is 0 Å². The Morgan fingerprint density at radius 1 is 1.03 bits per heavy atom. The summed E-state index contributed by atoms with van der Waals surface area (Å²) in [5.74, 6) is -2.43. The van der Waals surface area contributed by atoms with Gasteiger partial charge in [-0.15, -0.1) is 5.69 Å². The number of hydrogen-bond acceptors (Lipinski definition) is 1. The monoisotopic (exact) mass is 411 g/mol. The average Bonchev–Trinajstić information content (AvgIpc) is 2.67. The third-order valence-electron chi connectivity index (χ3n) is 4.91. The number of hydrogen-bond donors (Lipinski definition) is 1. The first-order valence-corrected chi connectivity index (χ1v) is 9.37. The van der Waals surface area contributed by atoms with Crippen molar-refractivity contribution in [2.75, 3.05) is 0 Å². The molecule has 1 fully saturated rings. The highest BCUT2D eigenvalue weighted by Gasteiger charge is 2.30. The molecule has 1 aliphatic rings. The third kappa shape index (κ3) is 5.46. The minimum atomic E-state index is -4.58. The second-order valence-electron chi connectivity index (χ2n) is 7.09. The van der Waals surface area contributed by atoms with Crippen molar-refractivity contribution in [3.05, 3.63) is 70.5 Å². The van der Waals surface area contributed by atoms with Crippen LogP contribution in [-0.2, 0) is 11.0 Å². The Morgan fingerprint density at radius 2 is 1.76 bits per heavy atom. The predicted molar refractivity (Wildman–Crippen MR) is 98.6 cm³/mol. The van der Waals surface area contributed by atoms with Crippen LogP contribution in [0.15, 0.2) is 42.5 Å². The molecule has 0 radical (unpaired) electrons. The van der Waals surface area contributed by atoms with E-state index < -0.39 is 35.3 Å². The Kier molecular flexibility index (Phi) is 6.39. The molecule has 0 spiro atoms. The van der Waals surface area contributed by atoms with Gasteiger partial charge in [-0.25, -0.2) is 8.78 Å². The molecule has 8 heteroatoms. The minimum Gasteiger partial charge on any atom is -0.670 e. The van der Waals surface area contributed by atoms with Gasteiger partial charge in [0.1, 0.15) is 11.6 Å². The van der Waals surface area contributed by atoms with E-state index in [1.807, 2.05) is 0 Å². The van der Waals surface area contributed by atoms with Crippen molar-refractivity contribution in [3.63, 3.8) is 0 Å². The lowest BCUT2D eigenvalue weighted by Gasteiger charge is -2.35. The predicted octanol–water partition coefficient (Wildman–Crippen LogP) is 6.18. The van der Waals surface area contributed by atoms with Gasteiger partial charge in [0, 0.05) is 12.1 Å². The van der Waals surface area contributed by atoms with Crippen LogP contribution in [0, 0.1) is 11.6 Å². The molecule has 1 saturated carbocycles. The second-order valence-corrected chi connectivity index (χ2v) is 7.09. The molecule has 0 heterocycles. The van der Waals surface area contributed by atoms with Crippen molar-refractivity contribution in [1.82, 2.24) is 5.32 Å². The van der Waals surface area contributed by atoms with E-state index >= 15 is 0 Å². The van der Waals surface area contributed by atoms with Crippen LogP contribution >= 0.6 is 0 Å². The highest BCUT2D eigenvalue weighted by molar-refractivity contribution is 5.88. The van der Waals surface area contributed by atoms with E-state index in [-0.39, 0.29) is 17.3 Å². The van der Waals surface area contributed by atoms with Gasteiger partial charge in [-0.1, -0.05) is 49.6 Å². The first-order valence-electron chi connectivity index (χ1n) is 9.37. The van der Waals surface area contributed by atoms with Crippen LogP contribution in [0.3, 0.4) is 0 Å². The molecule has 2 aromatic rings. The SMILES string of the molecule is O=C(NC1CCCCC1)C([N-]c1cccc(C(F)(F)F)c1)c1ccc(F)cc1F. The number of halogens is 5. The van der Waals surface area contributed by atoms with Gasteiger partial charge in [-0.3, -0.25) is 4.79 Å². The summed E-state index contributed by atoms with van der Waals surface area (Å²) < 4.78 is 66.6. The Morgan fingerprint density at radius 3 is 2.41 bits per heavy atom. The summed E-state index contributed by atoms with van der Waals surface area (Å²) >= 11 is 0. The van der Waals surface area contributed by atoms with E-state index in [0.29, 0.717) is 6.07 Å². The molecule has 1 unspecified atom stereocenters. The van der Waals surface area contributed by atoms with Gasteiger partial charge < -0.3 is 10.6 Å². The molecule has 1 atom stereocenters. The molecule has 0 saturated heterocycles. The van der Waals surface area contributed by atoms with Gasteiger partial charge in [0.15, 0.2) is 0 Å². The van der Waals surface area contributed by atoms with E-state index in [9.17, 15) is 26.7 Å². The largest absolute Gasteiger partial charge is 0.670 e. The highest BCUT2D eigenvalue weighted by Crippen LogP contribution is 2.37. The molecule has 0 bridgehead atoms. The van der Waals surface area contributed by atoms with Crippen molar-refractivity contribution in [1.29, 1.82) is 0 Å². The number of benzene rings is 2. The zero-order valence-corrected chi connectivity index (χ0v) is 15.5. The van der Waals surface area contributed by atoms with Crippen LogP contribution in [0.4, 0.5) is 27.6 Å². The van der Waals surface area contributed by atoms with E-state index in [2.05, 4.69) is 10.6 Å². The van der Waals surface area contributed by atoms with Crippen LogP contribution in [0.5, 0.6) is 0 Å². The standard InChI is InChI=1S/C21H20F5N2O/c22-14-9-10-17(18(23)12-14)19(20(29)28-15-6-2-1-3-7-15)27-16-8-4-5-13(11-16)21(24,25)26/h4-5,8-12,15,19H,1-3,6-7H2,(H,28,29)/q-1. The van der Waals surface area contributed by atoms with E-state index in [0.717, 1.165) is 56.4 Å². The number of nitrogens with zero attached hydrogens (tertiary/aromatic N) is 1. The molecule has 156 valence electrons. The van der Waals surface area contributed by atoms with Crippen LogP contribution in [0.2, 0.25) is 0 Å². The lowest BCUT2D eigenvalue weighted by Crippen LogP contribution is -2.39. The summed E-state index contributed by atoms with van der Waals surface area (Å²) in [6.45, 7) is 0. The number of carbonyl (C=O) groups excluding carboxylic acids is 1. The Hall–Kier alpha value is -2.64. The Labute approximate surface area is 165 Å². The first-order chi connectivity index (χ1) is 13.7. The quantitative estimate of drug-likeness (QED) is 0.587. The maximum Gasteiger partial charge on any atom is 0.416 e. The Bertz CT molecular complexity index is 862. The van der Waals surface area contributed by atoms with Crippen LogP contribution < -0.4 is 5.32 Å². The highest BCUT2D eigenvalue weighted by atomic mass is 19.4. The molecular weight excluding hydrogens is 391 g/mol. The summed E-state index contributed by atoms with van der Waals surface area (Å²) in [4.78, 5) is 12.8. The fourth-order valence-corrected chi connectivity index (χ4v) is 3.43. The average molecular weight is 411 g/mol. The summed E-state index contributed by atoms with van der Waals surface area (Å²) in [5, 5.41) is 6.89. The van der Waals surface area contributed by atoms with Gasteiger partial charge in [0.05, 0.1) is 5.56 Å². The minimum absolute atomic E-state index is 0.0982. The molecule has 1 N–H and O–H groups in total. The van der Waals surface area contributed by atoms with Crippen LogP contribution in [0.25, 0.3) is 5.32 Å². The van der Waals surface area contributed by atoms with E-state index in [1.165, 1.54) is 12.1 Å². The lowest BCUT2D eigenvalue weighted by molar-refractivity contribution is -0.137. The molecule has 29 heavy (non-hydrogen) atoms. The van der Waals surface area contributed by atoms with Gasteiger partial charge in [-0.05, 0) is 30.5 Å². The van der Waals surface area contributed by atoms with Gasteiger partial charge >= 0.3 is 6.18 Å². The Balaban J connectivity index is 1.89. The van der Waals surface area contributed by atoms with Crippen LogP contribution in [-0.4, -0.2) is 11.9 Å². The van der Waals surface area contributed by atoms with Crippen molar-refractivity contribution in [2.45, 2.75) is 50.4 Å². The molecule has 0 aromatic heterocycles. The lowest BCUT2D eigenvalue weighted by atomic mass is 9.95. The van der Waals surface area contributed by atoms with Gasteiger partial charge in [0.2, 0.25) is 5.91 Å². The molecule has 1 amide bonds. The van der Waals surface area contributed by atoms with E-state index in [1.54, 1.807) is 0 Å². The topological polar surface area (TPSA) is 43.2 Å². The smallest absolute Gasteiger partial charge is 0.416 e. The molecule has 0 aliphatic heterocycles. The van der Waals surface area contributed by atoms with Gasteiger partial charge in [0.25, 0.3) is 0 Å². The van der Waals surface area contributed by atoms with Crippen LogP contribution in [0.1, 0.15) is 49.3 Å². The second kappa shape index (κ2) is 8.80. The maximum atomic E-state index is 14.4. The van der Waals surface area contributed by atoms with Crippen molar-refractivity contribution in [2.24, 2.45) is 0 Å². The molecule has 1 aliphatic carbocycles. The number of amides is 1. The van der Waals surface area contributed by atoms with Crippen molar-refractivity contribution < 1.29 is 26.7 Å². The van der Waals surface area contributed by atoms with Gasteiger partial charge in [-0.2, -0.15) is 13.2 Å².